The Morgan fingerprint density at radius 3 is 2.71 bits per heavy atom. The van der Waals surface area contributed by atoms with Crippen LogP contribution in [-0.4, -0.2) is 18.5 Å². The van der Waals surface area contributed by atoms with Crippen molar-refractivity contribution in [1.29, 1.82) is 0 Å². The number of nitrogens with one attached hydrogen (secondary N) is 2. The number of benzene rings is 1. The number of amides is 1. The molecule has 3 heteroatoms. The van der Waals surface area contributed by atoms with Crippen molar-refractivity contribution in [3.63, 3.8) is 0 Å². The maximum absolute atomic E-state index is 11.7. The van der Waals surface area contributed by atoms with Crippen molar-refractivity contribution in [3.8, 4) is 0 Å². The molecule has 0 radical (unpaired) electrons. The summed E-state index contributed by atoms with van der Waals surface area (Å²) in [5.74, 6) is 0.731. The molecule has 1 aromatic rings. The predicted octanol–water partition coefficient (Wildman–Crippen LogP) is 2.40. The van der Waals surface area contributed by atoms with Crippen molar-refractivity contribution < 1.29 is 4.79 Å². The first kappa shape index (κ1) is 12.1. The van der Waals surface area contributed by atoms with E-state index in [4.69, 9.17) is 0 Å². The SMILES string of the molecule is CC1CCCC1NCC(=O)Nc1ccccc1. The second kappa shape index (κ2) is 5.82. The molecular weight excluding hydrogens is 212 g/mol. The number of carbonyl (C=O) groups excluding carboxylic acids is 1. The van der Waals surface area contributed by atoms with E-state index >= 15 is 0 Å². The zero-order valence-corrected chi connectivity index (χ0v) is 10.3. The van der Waals surface area contributed by atoms with Crippen LogP contribution < -0.4 is 10.6 Å². The molecule has 92 valence electrons. The second-order valence-corrected chi connectivity index (χ2v) is 4.81. The normalized spacial score (nSPS) is 23.6. The van der Waals surface area contributed by atoms with E-state index in [1.54, 1.807) is 0 Å². The maximum atomic E-state index is 11.7. The summed E-state index contributed by atoms with van der Waals surface area (Å²) in [6.45, 7) is 2.66. The molecule has 0 spiro atoms. The first-order chi connectivity index (χ1) is 8.25. The number of anilines is 1. The summed E-state index contributed by atoms with van der Waals surface area (Å²) < 4.78 is 0. The smallest absolute Gasteiger partial charge is 0.238 e. The summed E-state index contributed by atoms with van der Waals surface area (Å²) in [4.78, 5) is 11.7. The van der Waals surface area contributed by atoms with Gasteiger partial charge in [-0.25, -0.2) is 0 Å². The third-order valence-electron chi connectivity index (χ3n) is 3.44. The molecule has 0 aliphatic heterocycles. The molecule has 17 heavy (non-hydrogen) atoms. The molecule has 1 saturated carbocycles. The van der Waals surface area contributed by atoms with Crippen molar-refractivity contribution in [3.05, 3.63) is 30.3 Å². The first-order valence-corrected chi connectivity index (χ1v) is 6.34. The predicted molar refractivity (Wildman–Crippen MR) is 69.9 cm³/mol. The van der Waals surface area contributed by atoms with Crippen LogP contribution in [0.5, 0.6) is 0 Å². The molecule has 1 aromatic carbocycles. The molecule has 1 aliphatic rings. The molecule has 0 saturated heterocycles. The molecule has 0 heterocycles. The van der Waals surface area contributed by atoms with Crippen LogP contribution >= 0.6 is 0 Å². The van der Waals surface area contributed by atoms with Gasteiger partial charge in [-0.1, -0.05) is 31.5 Å². The highest BCUT2D eigenvalue weighted by atomic mass is 16.1. The second-order valence-electron chi connectivity index (χ2n) is 4.81. The van der Waals surface area contributed by atoms with Crippen molar-refractivity contribution >= 4 is 11.6 Å². The van der Waals surface area contributed by atoms with Gasteiger partial charge in [0.1, 0.15) is 0 Å². The van der Waals surface area contributed by atoms with Crippen LogP contribution in [0, 0.1) is 5.92 Å². The standard InChI is InChI=1S/C14H20N2O/c1-11-6-5-9-13(11)15-10-14(17)16-12-7-3-2-4-8-12/h2-4,7-8,11,13,15H,5-6,9-10H2,1H3,(H,16,17). The van der Waals surface area contributed by atoms with Crippen LogP contribution in [0.25, 0.3) is 0 Å². The Labute approximate surface area is 103 Å². The highest BCUT2D eigenvalue weighted by molar-refractivity contribution is 5.92. The summed E-state index contributed by atoms with van der Waals surface area (Å²) in [6, 6.07) is 10.1. The molecule has 2 rings (SSSR count). The molecule has 1 amide bonds. The number of rotatable bonds is 4. The summed E-state index contributed by atoms with van der Waals surface area (Å²) in [6.07, 6.45) is 3.75. The Balaban J connectivity index is 1.74. The third-order valence-corrected chi connectivity index (χ3v) is 3.44. The van der Waals surface area contributed by atoms with E-state index in [-0.39, 0.29) is 5.91 Å². The third kappa shape index (κ3) is 3.56. The van der Waals surface area contributed by atoms with E-state index in [1.807, 2.05) is 30.3 Å². The van der Waals surface area contributed by atoms with Crippen LogP contribution in [0.1, 0.15) is 26.2 Å². The van der Waals surface area contributed by atoms with Crippen LogP contribution in [0.15, 0.2) is 30.3 Å². The number of hydrogen-bond acceptors (Lipinski definition) is 2. The number of para-hydroxylation sites is 1. The zero-order valence-electron chi connectivity index (χ0n) is 10.3. The fraction of sp³-hybridized carbons (Fsp3) is 0.500. The van der Waals surface area contributed by atoms with E-state index in [0.717, 1.165) is 5.69 Å². The van der Waals surface area contributed by atoms with Crippen LogP contribution in [0.4, 0.5) is 5.69 Å². The summed E-state index contributed by atoms with van der Waals surface area (Å²) >= 11 is 0. The van der Waals surface area contributed by atoms with Gasteiger partial charge < -0.3 is 10.6 Å². The van der Waals surface area contributed by atoms with E-state index in [0.29, 0.717) is 18.5 Å². The first-order valence-electron chi connectivity index (χ1n) is 6.34. The van der Waals surface area contributed by atoms with Crippen LogP contribution in [0.2, 0.25) is 0 Å². The summed E-state index contributed by atoms with van der Waals surface area (Å²) in [5.41, 5.74) is 0.860. The van der Waals surface area contributed by atoms with Gasteiger partial charge in [-0.05, 0) is 30.9 Å². The van der Waals surface area contributed by atoms with Gasteiger partial charge in [-0.15, -0.1) is 0 Å². The van der Waals surface area contributed by atoms with Crippen molar-refractivity contribution in [2.24, 2.45) is 5.92 Å². The highest BCUT2D eigenvalue weighted by Gasteiger charge is 2.23. The minimum atomic E-state index is 0.0373. The van der Waals surface area contributed by atoms with Crippen LogP contribution in [0.3, 0.4) is 0 Å². The topological polar surface area (TPSA) is 41.1 Å². The molecule has 2 N–H and O–H groups in total. The van der Waals surface area contributed by atoms with Crippen molar-refractivity contribution in [1.82, 2.24) is 5.32 Å². The Morgan fingerprint density at radius 2 is 2.06 bits per heavy atom. The summed E-state index contributed by atoms with van der Waals surface area (Å²) in [7, 11) is 0. The largest absolute Gasteiger partial charge is 0.325 e. The highest BCUT2D eigenvalue weighted by Crippen LogP contribution is 2.24. The molecular formula is C14H20N2O. The molecule has 0 aromatic heterocycles. The van der Waals surface area contributed by atoms with Crippen molar-refractivity contribution in [2.75, 3.05) is 11.9 Å². The van der Waals surface area contributed by atoms with E-state index in [2.05, 4.69) is 17.6 Å². The molecule has 2 unspecified atom stereocenters. The average Bonchev–Trinajstić information content (AvgIpc) is 2.74. The molecule has 0 bridgehead atoms. The van der Waals surface area contributed by atoms with Gasteiger partial charge >= 0.3 is 0 Å². The molecule has 2 atom stereocenters. The van der Waals surface area contributed by atoms with Gasteiger partial charge in [0.15, 0.2) is 0 Å². The van der Waals surface area contributed by atoms with Gasteiger partial charge in [0.2, 0.25) is 5.91 Å². The Morgan fingerprint density at radius 1 is 1.29 bits per heavy atom. The lowest BCUT2D eigenvalue weighted by molar-refractivity contribution is -0.115. The number of hydrogen-bond donors (Lipinski definition) is 2. The quantitative estimate of drug-likeness (QED) is 0.837. The summed E-state index contributed by atoms with van der Waals surface area (Å²) in [5, 5.41) is 6.22. The lowest BCUT2D eigenvalue weighted by Gasteiger charge is -2.16. The maximum Gasteiger partial charge on any atom is 0.238 e. The average molecular weight is 232 g/mol. The fourth-order valence-corrected chi connectivity index (χ4v) is 2.40. The lowest BCUT2D eigenvalue weighted by Crippen LogP contribution is -2.37. The zero-order chi connectivity index (χ0) is 12.1. The molecule has 1 fully saturated rings. The van der Waals surface area contributed by atoms with Gasteiger partial charge in [-0.2, -0.15) is 0 Å². The Hall–Kier alpha value is -1.35. The fourth-order valence-electron chi connectivity index (χ4n) is 2.40. The van der Waals surface area contributed by atoms with E-state index in [9.17, 15) is 4.79 Å². The van der Waals surface area contributed by atoms with E-state index in [1.165, 1.54) is 19.3 Å². The van der Waals surface area contributed by atoms with Gasteiger partial charge in [0.25, 0.3) is 0 Å². The minimum Gasteiger partial charge on any atom is -0.325 e. The Bertz CT molecular complexity index is 364. The van der Waals surface area contributed by atoms with Gasteiger partial charge in [0.05, 0.1) is 6.54 Å². The lowest BCUT2D eigenvalue weighted by atomic mass is 10.1. The minimum absolute atomic E-state index is 0.0373. The van der Waals surface area contributed by atoms with Crippen molar-refractivity contribution in [2.45, 2.75) is 32.2 Å². The van der Waals surface area contributed by atoms with Crippen LogP contribution in [-0.2, 0) is 4.79 Å². The number of carbonyl (C=O) groups is 1. The molecule has 3 nitrogen and oxygen atoms in total. The molecule has 1 aliphatic carbocycles. The van der Waals surface area contributed by atoms with Gasteiger partial charge in [0, 0.05) is 11.7 Å². The van der Waals surface area contributed by atoms with Gasteiger partial charge in [-0.3, -0.25) is 4.79 Å². The monoisotopic (exact) mass is 232 g/mol. The Kier molecular flexibility index (Phi) is 4.15. The van der Waals surface area contributed by atoms with E-state index < -0.39 is 0 Å².